The lowest BCUT2D eigenvalue weighted by Crippen LogP contribution is -2.41. The molecule has 0 N–H and O–H groups in total. The Morgan fingerprint density at radius 1 is 0.936 bits per heavy atom. The number of hydrogen-bond acceptors (Lipinski definition) is 7. The average Bonchev–Trinajstić information content (AvgIpc) is 3.56. The summed E-state index contributed by atoms with van der Waals surface area (Å²) >= 11 is 4.71. The number of halogens is 1. The van der Waals surface area contributed by atoms with Crippen molar-refractivity contribution in [3.05, 3.63) is 155 Å². The molecule has 234 valence electrons. The topological polar surface area (TPSA) is 90.2 Å². The molecule has 0 saturated carbocycles. The van der Waals surface area contributed by atoms with E-state index in [0.29, 0.717) is 50.7 Å². The van der Waals surface area contributed by atoms with Gasteiger partial charge >= 0.3 is 5.97 Å². The van der Waals surface area contributed by atoms with Gasteiger partial charge in [0, 0.05) is 15.6 Å². The molecule has 1 aromatic heterocycles. The Balaban J connectivity index is 1.52. The van der Waals surface area contributed by atoms with Crippen molar-refractivity contribution in [2.24, 2.45) is 4.99 Å². The van der Waals surface area contributed by atoms with Gasteiger partial charge in [0.15, 0.2) is 4.80 Å². The van der Waals surface area contributed by atoms with E-state index in [-0.39, 0.29) is 22.6 Å². The van der Waals surface area contributed by atoms with E-state index in [1.807, 2.05) is 91.0 Å². The molecular weight excluding hydrogens is 678 g/mol. The molecule has 4 aromatic carbocycles. The summed E-state index contributed by atoms with van der Waals surface area (Å²) < 4.78 is 13.5. The zero-order chi connectivity index (χ0) is 32.7. The number of esters is 1. The summed E-state index contributed by atoms with van der Waals surface area (Å²) in [6.45, 7) is 2.23. The van der Waals surface area contributed by atoms with Crippen molar-refractivity contribution in [3.8, 4) is 5.75 Å². The zero-order valence-electron chi connectivity index (χ0n) is 25.5. The summed E-state index contributed by atoms with van der Waals surface area (Å²) in [5.41, 5.74) is 4.23. The van der Waals surface area contributed by atoms with E-state index in [0.717, 1.165) is 21.4 Å². The molecule has 3 heterocycles. The fourth-order valence-corrected chi connectivity index (χ4v) is 7.49. The van der Waals surface area contributed by atoms with Gasteiger partial charge in [-0.15, -0.1) is 0 Å². The number of carbonyl (C=O) groups excluding carboxylic acids is 2. The SMILES string of the molecule is CCOC(=O)C1=C(c2ccccc2)N=c2s/c(=C3\C(=O)N(Cc4ccccc4)c4ccc(Br)cc43)c(=O)n2[C@H]1c1ccc(OC)cc1. The quantitative estimate of drug-likeness (QED) is 0.205. The maximum Gasteiger partial charge on any atom is 0.338 e. The van der Waals surface area contributed by atoms with Crippen LogP contribution in [0.5, 0.6) is 5.75 Å². The highest BCUT2D eigenvalue weighted by molar-refractivity contribution is 9.10. The maximum absolute atomic E-state index is 14.7. The van der Waals surface area contributed by atoms with Crippen molar-refractivity contribution >= 4 is 56.1 Å². The van der Waals surface area contributed by atoms with Crippen LogP contribution in [0.1, 0.15) is 35.2 Å². The van der Waals surface area contributed by atoms with E-state index in [1.165, 1.54) is 4.57 Å². The predicted molar refractivity (Wildman–Crippen MR) is 185 cm³/mol. The fraction of sp³-hybridized carbons (Fsp3) is 0.135. The van der Waals surface area contributed by atoms with Gasteiger partial charge in [-0.1, -0.05) is 100 Å². The molecule has 0 fully saturated rings. The summed E-state index contributed by atoms with van der Waals surface area (Å²) in [6.07, 6.45) is 0. The Bertz CT molecular complexity index is 2240. The van der Waals surface area contributed by atoms with Gasteiger partial charge < -0.3 is 14.4 Å². The minimum absolute atomic E-state index is 0.145. The number of benzene rings is 4. The van der Waals surface area contributed by atoms with Crippen molar-refractivity contribution in [1.82, 2.24) is 4.57 Å². The van der Waals surface area contributed by atoms with Crippen LogP contribution in [0.25, 0.3) is 11.3 Å². The Kier molecular flexibility index (Phi) is 8.21. The second kappa shape index (κ2) is 12.6. The van der Waals surface area contributed by atoms with E-state index in [4.69, 9.17) is 14.5 Å². The van der Waals surface area contributed by atoms with Crippen molar-refractivity contribution in [3.63, 3.8) is 0 Å². The molecule has 10 heteroatoms. The molecule has 8 nitrogen and oxygen atoms in total. The summed E-state index contributed by atoms with van der Waals surface area (Å²) in [7, 11) is 1.58. The number of carbonyl (C=O) groups is 2. The van der Waals surface area contributed by atoms with Crippen LogP contribution in [-0.2, 0) is 20.9 Å². The lowest BCUT2D eigenvalue weighted by atomic mass is 9.93. The molecular formula is C37H28BrN3O5S. The second-order valence-corrected chi connectivity index (χ2v) is 12.8. The van der Waals surface area contributed by atoms with Gasteiger partial charge in [0.25, 0.3) is 11.5 Å². The third kappa shape index (κ3) is 5.43. The van der Waals surface area contributed by atoms with E-state index in [9.17, 15) is 14.4 Å². The molecule has 1 atom stereocenters. The van der Waals surface area contributed by atoms with Crippen molar-refractivity contribution in [2.75, 3.05) is 18.6 Å². The largest absolute Gasteiger partial charge is 0.497 e. The number of aromatic nitrogens is 1. The molecule has 2 aliphatic heterocycles. The maximum atomic E-state index is 14.7. The van der Waals surface area contributed by atoms with Crippen molar-refractivity contribution < 1.29 is 19.1 Å². The lowest BCUT2D eigenvalue weighted by molar-refractivity contribution is -0.138. The van der Waals surface area contributed by atoms with Crippen LogP contribution in [0, 0.1) is 0 Å². The summed E-state index contributed by atoms with van der Waals surface area (Å²) in [5, 5.41) is 0. The van der Waals surface area contributed by atoms with Gasteiger partial charge in [0.2, 0.25) is 0 Å². The Morgan fingerprint density at radius 3 is 2.32 bits per heavy atom. The normalized spacial score (nSPS) is 16.4. The molecule has 1 amide bonds. The lowest BCUT2D eigenvalue weighted by Gasteiger charge is -2.26. The van der Waals surface area contributed by atoms with E-state index < -0.39 is 17.6 Å². The monoisotopic (exact) mass is 705 g/mol. The average molecular weight is 707 g/mol. The van der Waals surface area contributed by atoms with E-state index >= 15 is 0 Å². The summed E-state index contributed by atoms with van der Waals surface area (Å²) in [6, 6.07) is 31.1. The van der Waals surface area contributed by atoms with E-state index in [1.54, 1.807) is 31.1 Å². The first-order valence-corrected chi connectivity index (χ1v) is 16.6. The highest BCUT2D eigenvalue weighted by Gasteiger charge is 2.38. The van der Waals surface area contributed by atoms with Crippen molar-refractivity contribution in [2.45, 2.75) is 19.5 Å². The summed E-state index contributed by atoms with van der Waals surface area (Å²) in [5.74, 6) is -0.221. The van der Waals surface area contributed by atoms with Gasteiger partial charge in [-0.3, -0.25) is 14.2 Å². The van der Waals surface area contributed by atoms with Gasteiger partial charge in [-0.25, -0.2) is 9.79 Å². The van der Waals surface area contributed by atoms with Gasteiger partial charge in [0.1, 0.15) is 10.3 Å². The Hall–Kier alpha value is -5.06. The number of fused-ring (bicyclic) bond motifs is 2. The van der Waals surface area contributed by atoms with Gasteiger partial charge in [0.05, 0.1) is 48.8 Å². The standard InChI is InChI=1S/C37H28BrN3O5S/c1-3-46-36(44)30-31(23-12-8-5-9-13-23)39-37-41(32(30)24-14-17-26(45-2)18-15-24)35(43)33(47-37)29-27-20-25(38)16-19-28(27)40(34(29)42)21-22-10-6-4-7-11-22/h4-20,32H,3,21H2,1-2H3/b33-29-/t32-/m0/s1. The molecule has 0 unspecified atom stereocenters. The first-order chi connectivity index (χ1) is 22.9. The Labute approximate surface area is 282 Å². The number of thiazole rings is 1. The van der Waals surface area contributed by atoms with Crippen molar-refractivity contribution in [1.29, 1.82) is 0 Å². The number of methoxy groups -OCH3 is 1. The minimum atomic E-state index is -0.875. The Morgan fingerprint density at radius 2 is 1.64 bits per heavy atom. The molecule has 0 radical (unpaired) electrons. The minimum Gasteiger partial charge on any atom is -0.497 e. The van der Waals surface area contributed by atoms with E-state index in [2.05, 4.69) is 15.9 Å². The molecule has 0 aliphatic carbocycles. The van der Waals surface area contributed by atoms with Crippen LogP contribution in [0.2, 0.25) is 0 Å². The molecule has 5 aromatic rings. The number of hydrogen-bond donors (Lipinski definition) is 0. The number of ether oxygens (including phenoxy) is 2. The molecule has 47 heavy (non-hydrogen) atoms. The highest BCUT2D eigenvalue weighted by atomic mass is 79.9. The number of rotatable bonds is 7. The number of nitrogens with zero attached hydrogens (tertiary/aromatic N) is 3. The molecule has 0 spiro atoms. The first kappa shape index (κ1) is 30.6. The van der Waals surface area contributed by atoms with Crippen LogP contribution >= 0.6 is 27.3 Å². The van der Waals surface area contributed by atoms with Crippen LogP contribution < -0.4 is 24.5 Å². The smallest absolute Gasteiger partial charge is 0.338 e. The zero-order valence-corrected chi connectivity index (χ0v) is 27.9. The highest BCUT2D eigenvalue weighted by Crippen LogP contribution is 2.39. The molecule has 2 aliphatic rings. The van der Waals surface area contributed by atoms with Crippen LogP contribution in [0.4, 0.5) is 5.69 Å². The number of amides is 1. The first-order valence-electron chi connectivity index (χ1n) is 15.0. The second-order valence-electron chi connectivity index (χ2n) is 10.9. The van der Waals surface area contributed by atoms with Gasteiger partial charge in [-0.2, -0.15) is 0 Å². The number of anilines is 1. The third-order valence-corrected chi connectivity index (χ3v) is 9.72. The van der Waals surface area contributed by atoms with Crippen LogP contribution in [0.15, 0.2) is 123 Å². The fourth-order valence-electron chi connectivity index (χ4n) is 6.04. The molecule has 0 bridgehead atoms. The third-order valence-electron chi connectivity index (χ3n) is 8.17. The summed E-state index contributed by atoms with van der Waals surface area (Å²) in [4.78, 5) is 49.8. The van der Waals surface area contributed by atoms with Gasteiger partial charge in [-0.05, 0) is 48.4 Å². The van der Waals surface area contributed by atoms with Crippen LogP contribution in [0.3, 0.4) is 0 Å². The predicted octanol–water partition coefficient (Wildman–Crippen LogP) is 5.62. The molecule has 0 saturated heterocycles. The van der Waals surface area contributed by atoms with Crippen LogP contribution in [-0.4, -0.2) is 30.2 Å². The molecule has 7 rings (SSSR count).